The van der Waals surface area contributed by atoms with Crippen LogP contribution in [0.15, 0.2) is 34.9 Å². The van der Waals surface area contributed by atoms with E-state index in [4.69, 9.17) is 4.42 Å². The van der Waals surface area contributed by atoms with Gasteiger partial charge in [-0.1, -0.05) is 0 Å². The van der Waals surface area contributed by atoms with Crippen molar-refractivity contribution < 1.29 is 13.6 Å². The Kier molecular flexibility index (Phi) is 2.10. The van der Waals surface area contributed by atoms with Gasteiger partial charge in [0.05, 0.1) is 0 Å². The molecule has 2 aromatic rings. The molecule has 0 amide bonds. The Hall–Kier alpha value is -1.97. The summed E-state index contributed by atoms with van der Waals surface area (Å²) in [5, 5.41) is 0. The summed E-state index contributed by atoms with van der Waals surface area (Å²) >= 11 is 0. The van der Waals surface area contributed by atoms with Crippen molar-refractivity contribution in [1.82, 2.24) is 4.98 Å². The van der Waals surface area contributed by atoms with Gasteiger partial charge in [-0.15, -0.1) is 0 Å². The molecule has 0 aliphatic carbocycles. The van der Waals surface area contributed by atoms with Gasteiger partial charge in [0, 0.05) is 5.56 Å². The molecule has 0 unspecified atom stereocenters. The summed E-state index contributed by atoms with van der Waals surface area (Å²) in [5.74, 6) is -0.0111. The lowest BCUT2D eigenvalue weighted by molar-refractivity contribution is 0.111. The SMILES string of the molecule is O=Cc1coc(-c2ccc(F)cc2)n1. The lowest BCUT2D eigenvalue weighted by Gasteiger charge is -1.93. The molecular weight excluding hydrogens is 185 g/mol. The predicted octanol–water partition coefficient (Wildman–Crippen LogP) is 2.29. The van der Waals surface area contributed by atoms with E-state index in [0.717, 1.165) is 0 Å². The van der Waals surface area contributed by atoms with E-state index in [1.807, 2.05) is 0 Å². The summed E-state index contributed by atoms with van der Waals surface area (Å²) in [6.07, 6.45) is 1.85. The van der Waals surface area contributed by atoms with E-state index in [1.54, 1.807) is 0 Å². The second-order valence-corrected chi connectivity index (χ2v) is 2.70. The number of benzene rings is 1. The Labute approximate surface area is 79.2 Å². The molecular formula is C10H6FNO2. The summed E-state index contributed by atoms with van der Waals surface area (Å²) in [7, 11) is 0. The number of hydrogen-bond donors (Lipinski definition) is 0. The molecule has 0 saturated carbocycles. The molecule has 14 heavy (non-hydrogen) atoms. The van der Waals surface area contributed by atoms with Gasteiger partial charge in [-0.2, -0.15) is 0 Å². The topological polar surface area (TPSA) is 43.1 Å². The zero-order valence-electron chi connectivity index (χ0n) is 7.11. The van der Waals surface area contributed by atoms with E-state index < -0.39 is 0 Å². The molecule has 0 N–H and O–H groups in total. The van der Waals surface area contributed by atoms with Crippen molar-refractivity contribution in [3.05, 3.63) is 42.0 Å². The first kappa shape index (κ1) is 8.62. The molecule has 1 aromatic heterocycles. The van der Waals surface area contributed by atoms with Gasteiger partial charge in [-0.3, -0.25) is 4.79 Å². The van der Waals surface area contributed by atoms with Crippen molar-refractivity contribution in [3.8, 4) is 11.5 Å². The normalized spacial score (nSPS) is 10.1. The lowest BCUT2D eigenvalue weighted by Crippen LogP contribution is -1.81. The monoisotopic (exact) mass is 191 g/mol. The fourth-order valence-corrected chi connectivity index (χ4v) is 1.07. The number of aromatic nitrogens is 1. The number of carbonyl (C=O) groups excluding carboxylic acids is 1. The van der Waals surface area contributed by atoms with Gasteiger partial charge >= 0.3 is 0 Å². The zero-order chi connectivity index (χ0) is 9.97. The molecule has 2 rings (SSSR count). The minimum absolute atomic E-state index is 0.226. The van der Waals surface area contributed by atoms with Crippen LogP contribution >= 0.6 is 0 Å². The molecule has 0 bridgehead atoms. The smallest absolute Gasteiger partial charge is 0.226 e. The van der Waals surface area contributed by atoms with Crippen LogP contribution < -0.4 is 0 Å². The highest BCUT2D eigenvalue weighted by atomic mass is 19.1. The van der Waals surface area contributed by atoms with Crippen molar-refractivity contribution in [2.45, 2.75) is 0 Å². The van der Waals surface area contributed by atoms with Crippen molar-refractivity contribution in [2.24, 2.45) is 0 Å². The molecule has 1 aromatic carbocycles. The lowest BCUT2D eigenvalue weighted by atomic mass is 10.2. The standard InChI is InChI=1S/C10H6FNO2/c11-8-3-1-7(2-4-8)10-12-9(5-13)6-14-10/h1-6H. The third-order valence-corrected chi connectivity index (χ3v) is 1.73. The molecule has 0 saturated heterocycles. The molecule has 0 aliphatic heterocycles. The number of nitrogens with zero attached hydrogens (tertiary/aromatic N) is 1. The molecule has 70 valence electrons. The molecule has 0 aliphatic rings. The summed E-state index contributed by atoms with van der Waals surface area (Å²) in [5.41, 5.74) is 0.865. The van der Waals surface area contributed by atoms with E-state index in [9.17, 15) is 9.18 Å². The fourth-order valence-electron chi connectivity index (χ4n) is 1.07. The molecule has 3 nitrogen and oxygen atoms in total. The van der Waals surface area contributed by atoms with E-state index in [0.29, 0.717) is 17.7 Å². The Morgan fingerprint density at radius 1 is 1.29 bits per heavy atom. The highest BCUT2D eigenvalue weighted by molar-refractivity contribution is 5.72. The largest absolute Gasteiger partial charge is 0.444 e. The van der Waals surface area contributed by atoms with Crippen molar-refractivity contribution in [3.63, 3.8) is 0 Å². The number of aldehydes is 1. The summed E-state index contributed by atoms with van der Waals surface area (Å²) in [6, 6.07) is 5.69. The fraction of sp³-hybridized carbons (Fsp3) is 0. The van der Waals surface area contributed by atoms with Crippen molar-refractivity contribution in [1.29, 1.82) is 0 Å². The van der Waals surface area contributed by atoms with Gasteiger partial charge in [0.2, 0.25) is 5.89 Å². The van der Waals surface area contributed by atoms with Crippen LogP contribution in [-0.2, 0) is 0 Å². The van der Waals surface area contributed by atoms with Gasteiger partial charge < -0.3 is 4.42 Å². The molecule has 1 heterocycles. The first-order valence-electron chi connectivity index (χ1n) is 3.96. The highest BCUT2D eigenvalue weighted by Crippen LogP contribution is 2.18. The van der Waals surface area contributed by atoms with Crippen molar-refractivity contribution in [2.75, 3.05) is 0 Å². The number of carbonyl (C=O) groups is 1. The van der Waals surface area contributed by atoms with E-state index >= 15 is 0 Å². The highest BCUT2D eigenvalue weighted by Gasteiger charge is 2.05. The molecule has 0 atom stereocenters. The summed E-state index contributed by atoms with van der Waals surface area (Å²) in [6.45, 7) is 0. The maximum atomic E-state index is 12.6. The van der Waals surface area contributed by atoms with E-state index in [1.165, 1.54) is 30.5 Å². The molecule has 4 heteroatoms. The summed E-state index contributed by atoms with van der Waals surface area (Å²) in [4.78, 5) is 14.2. The predicted molar refractivity (Wildman–Crippen MR) is 47.3 cm³/mol. The van der Waals surface area contributed by atoms with E-state index in [-0.39, 0.29) is 11.5 Å². The van der Waals surface area contributed by atoms with Gasteiger partial charge in [0.1, 0.15) is 17.8 Å². The first-order chi connectivity index (χ1) is 6.79. The van der Waals surface area contributed by atoms with Crippen LogP contribution in [0, 0.1) is 5.82 Å². The Morgan fingerprint density at radius 3 is 2.57 bits per heavy atom. The van der Waals surface area contributed by atoms with Crippen LogP contribution in [0.5, 0.6) is 0 Å². The summed E-state index contributed by atoms with van der Waals surface area (Å²) < 4.78 is 17.6. The quantitative estimate of drug-likeness (QED) is 0.684. The van der Waals surface area contributed by atoms with Crippen LogP contribution in [0.3, 0.4) is 0 Å². The zero-order valence-corrected chi connectivity index (χ0v) is 7.11. The van der Waals surface area contributed by atoms with Crippen molar-refractivity contribution >= 4 is 6.29 Å². The third kappa shape index (κ3) is 1.54. The number of rotatable bonds is 2. The minimum atomic E-state index is -0.323. The minimum Gasteiger partial charge on any atom is -0.444 e. The Morgan fingerprint density at radius 2 is 2.00 bits per heavy atom. The average molecular weight is 191 g/mol. The van der Waals surface area contributed by atoms with Gasteiger partial charge in [-0.25, -0.2) is 9.37 Å². The van der Waals surface area contributed by atoms with Crippen LogP contribution in [0.25, 0.3) is 11.5 Å². The van der Waals surface area contributed by atoms with E-state index in [2.05, 4.69) is 4.98 Å². The Balaban J connectivity index is 2.39. The van der Waals surface area contributed by atoms with Crippen LogP contribution in [-0.4, -0.2) is 11.3 Å². The third-order valence-electron chi connectivity index (χ3n) is 1.73. The first-order valence-corrected chi connectivity index (χ1v) is 3.96. The van der Waals surface area contributed by atoms with Gasteiger partial charge in [0.25, 0.3) is 0 Å². The molecule has 0 spiro atoms. The number of oxazole rings is 1. The van der Waals surface area contributed by atoms with Crippen LogP contribution in [0.1, 0.15) is 10.5 Å². The van der Waals surface area contributed by atoms with Crippen LogP contribution in [0.2, 0.25) is 0 Å². The van der Waals surface area contributed by atoms with Crippen LogP contribution in [0.4, 0.5) is 4.39 Å². The molecule has 0 radical (unpaired) electrons. The molecule has 0 fully saturated rings. The second-order valence-electron chi connectivity index (χ2n) is 2.70. The Bertz CT molecular complexity index is 447. The van der Waals surface area contributed by atoms with Gasteiger partial charge in [-0.05, 0) is 24.3 Å². The second kappa shape index (κ2) is 3.41. The maximum absolute atomic E-state index is 12.6. The number of hydrogen-bond acceptors (Lipinski definition) is 3. The average Bonchev–Trinajstić information content (AvgIpc) is 2.67. The van der Waals surface area contributed by atoms with Gasteiger partial charge in [0.15, 0.2) is 6.29 Å². The maximum Gasteiger partial charge on any atom is 0.226 e. The number of halogens is 1.